The number of hydrogen-bond acceptors (Lipinski definition) is 3. The molecule has 21 heavy (non-hydrogen) atoms. The Hall–Kier alpha value is -1.75. The predicted octanol–water partition coefficient (Wildman–Crippen LogP) is 3.02. The number of rotatable bonds is 7. The van der Waals surface area contributed by atoms with E-state index in [1.165, 1.54) is 0 Å². The molecule has 0 aliphatic heterocycles. The Bertz CT molecular complexity index is 455. The molecule has 5 heteroatoms. The smallest absolute Gasteiger partial charge is 0.321 e. The molecule has 2 N–H and O–H groups in total. The van der Waals surface area contributed by atoms with Gasteiger partial charge in [0.1, 0.15) is 5.75 Å². The lowest BCUT2D eigenvalue weighted by atomic mass is 10.2. The van der Waals surface area contributed by atoms with Crippen molar-refractivity contribution < 1.29 is 14.6 Å². The normalized spacial score (nSPS) is 10.6. The van der Waals surface area contributed by atoms with E-state index >= 15 is 0 Å². The summed E-state index contributed by atoms with van der Waals surface area (Å²) in [5, 5.41) is 11.9. The van der Waals surface area contributed by atoms with E-state index in [0.717, 1.165) is 23.4 Å². The summed E-state index contributed by atoms with van der Waals surface area (Å²) in [5.41, 5.74) is 1.71. The van der Waals surface area contributed by atoms with Crippen molar-refractivity contribution in [1.29, 1.82) is 0 Å². The maximum absolute atomic E-state index is 12.1. The third-order valence-corrected chi connectivity index (χ3v) is 2.94. The minimum atomic E-state index is -0.192. The number of aryl methyl sites for hydroxylation is 1. The van der Waals surface area contributed by atoms with Gasteiger partial charge in [0.2, 0.25) is 0 Å². The van der Waals surface area contributed by atoms with E-state index in [-0.39, 0.29) is 18.7 Å². The van der Waals surface area contributed by atoms with Gasteiger partial charge in [-0.25, -0.2) is 4.79 Å². The molecule has 1 aromatic carbocycles. The molecule has 1 aromatic rings. The molecular weight excluding hydrogens is 268 g/mol. The summed E-state index contributed by atoms with van der Waals surface area (Å²) in [6.07, 6.45) is 0.974. The number of amides is 2. The van der Waals surface area contributed by atoms with E-state index in [1.807, 2.05) is 45.9 Å². The molecule has 0 saturated carbocycles. The van der Waals surface area contributed by atoms with Gasteiger partial charge in [-0.1, -0.05) is 6.92 Å². The molecule has 0 atom stereocenters. The van der Waals surface area contributed by atoms with Crippen molar-refractivity contribution in [2.75, 3.05) is 25.0 Å². The molecule has 0 spiro atoms. The van der Waals surface area contributed by atoms with E-state index in [2.05, 4.69) is 5.32 Å². The molecule has 0 aliphatic rings. The second-order valence-electron chi connectivity index (χ2n) is 5.29. The number of nitrogens with one attached hydrogen (secondary N) is 1. The zero-order chi connectivity index (χ0) is 15.8. The van der Waals surface area contributed by atoms with E-state index in [1.54, 1.807) is 4.90 Å². The molecule has 0 unspecified atom stereocenters. The van der Waals surface area contributed by atoms with Gasteiger partial charge in [0, 0.05) is 18.8 Å². The first-order valence-corrected chi connectivity index (χ1v) is 7.42. The van der Waals surface area contributed by atoms with Gasteiger partial charge < -0.3 is 20.1 Å². The second kappa shape index (κ2) is 8.52. The Morgan fingerprint density at radius 2 is 2.10 bits per heavy atom. The van der Waals surface area contributed by atoms with Crippen LogP contribution < -0.4 is 10.1 Å². The van der Waals surface area contributed by atoms with Gasteiger partial charge in [-0.3, -0.25) is 0 Å². The first kappa shape index (κ1) is 17.3. The second-order valence-corrected chi connectivity index (χ2v) is 5.29. The molecule has 0 aromatic heterocycles. The van der Waals surface area contributed by atoms with Crippen LogP contribution in [0.1, 0.15) is 32.8 Å². The number of carbonyl (C=O) groups is 1. The van der Waals surface area contributed by atoms with Gasteiger partial charge in [-0.15, -0.1) is 0 Å². The van der Waals surface area contributed by atoms with Crippen LogP contribution >= 0.6 is 0 Å². The summed E-state index contributed by atoms with van der Waals surface area (Å²) < 4.78 is 5.67. The highest BCUT2D eigenvalue weighted by Gasteiger charge is 2.12. The summed E-state index contributed by atoms with van der Waals surface area (Å²) in [6.45, 7) is 8.84. The predicted molar refractivity (Wildman–Crippen MR) is 84.9 cm³/mol. The molecule has 118 valence electrons. The lowest BCUT2D eigenvalue weighted by molar-refractivity contribution is 0.188. The summed E-state index contributed by atoms with van der Waals surface area (Å²) in [7, 11) is 0. The quantitative estimate of drug-likeness (QED) is 0.812. The molecule has 2 amide bonds. The summed E-state index contributed by atoms with van der Waals surface area (Å²) >= 11 is 0. The van der Waals surface area contributed by atoms with Gasteiger partial charge in [0.25, 0.3) is 0 Å². The van der Waals surface area contributed by atoms with Crippen LogP contribution in [-0.2, 0) is 0 Å². The summed E-state index contributed by atoms with van der Waals surface area (Å²) in [5.74, 6) is 0.823. The average Bonchev–Trinajstić information content (AvgIpc) is 2.41. The minimum absolute atomic E-state index is 0.0341. The lowest BCUT2D eigenvalue weighted by Crippen LogP contribution is -2.37. The van der Waals surface area contributed by atoms with Crippen molar-refractivity contribution >= 4 is 11.7 Å². The average molecular weight is 294 g/mol. The molecule has 0 fully saturated rings. The molecule has 0 aliphatic carbocycles. The molecule has 0 bridgehead atoms. The lowest BCUT2D eigenvalue weighted by Gasteiger charge is -2.22. The summed E-state index contributed by atoms with van der Waals surface area (Å²) in [6, 6.07) is 5.38. The zero-order valence-corrected chi connectivity index (χ0v) is 13.3. The first-order chi connectivity index (χ1) is 9.97. The van der Waals surface area contributed by atoms with Crippen LogP contribution in [0, 0.1) is 6.92 Å². The third kappa shape index (κ3) is 5.63. The maximum Gasteiger partial charge on any atom is 0.321 e. The minimum Gasteiger partial charge on any atom is -0.491 e. The molecule has 5 nitrogen and oxygen atoms in total. The van der Waals surface area contributed by atoms with Crippen molar-refractivity contribution in [3.63, 3.8) is 0 Å². The fraction of sp³-hybridized carbons (Fsp3) is 0.562. The monoisotopic (exact) mass is 294 g/mol. The van der Waals surface area contributed by atoms with Gasteiger partial charge in [-0.05, 0) is 51.0 Å². The maximum atomic E-state index is 12.1. The highest BCUT2D eigenvalue weighted by molar-refractivity contribution is 5.89. The van der Waals surface area contributed by atoms with Gasteiger partial charge in [0.05, 0.1) is 12.7 Å². The Labute approximate surface area is 126 Å². The SMILES string of the molecule is CCCN(CCO)C(=O)Nc1ccc(OC(C)C)c(C)c1. The number of carbonyl (C=O) groups excluding carboxylic acids is 1. The van der Waals surface area contributed by atoms with Crippen LogP contribution in [0.3, 0.4) is 0 Å². The largest absolute Gasteiger partial charge is 0.491 e. The molecule has 0 radical (unpaired) electrons. The third-order valence-electron chi connectivity index (χ3n) is 2.94. The van der Waals surface area contributed by atoms with Crippen molar-refractivity contribution in [3.8, 4) is 5.75 Å². The number of anilines is 1. The topological polar surface area (TPSA) is 61.8 Å². The van der Waals surface area contributed by atoms with Crippen molar-refractivity contribution in [3.05, 3.63) is 23.8 Å². The molecular formula is C16H26N2O3. The summed E-state index contributed by atoms with van der Waals surface area (Å²) in [4.78, 5) is 13.7. The highest BCUT2D eigenvalue weighted by Crippen LogP contribution is 2.23. The van der Waals surface area contributed by atoms with Crippen LogP contribution in [0.2, 0.25) is 0 Å². The van der Waals surface area contributed by atoms with Crippen LogP contribution in [0.25, 0.3) is 0 Å². The molecule has 0 heterocycles. The molecule has 0 saturated heterocycles. The van der Waals surface area contributed by atoms with Crippen molar-refractivity contribution in [2.24, 2.45) is 0 Å². The Balaban J connectivity index is 2.73. The van der Waals surface area contributed by atoms with Crippen LogP contribution in [0.15, 0.2) is 18.2 Å². The number of aliphatic hydroxyl groups excluding tert-OH is 1. The molecule has 1 rings (SSSR count). The van der Waals surface area contributed by atoms with Crippen LogP contribution in [0.5, 0.6) is 5.75 Å². The van der Waals surface area contributed by atoms with Gasteiger partial charge >= 0.3 is 6.03 Å². The standard InChI is InChI=1S/C16H26N2O3/c1-5-8-18(9-10-19)16(20)17-14-6-7-15(13(4)11-14)21-12(2)3/h6-7,11-12,19H,5,8-10H2,1-4H3,(H,17,20). The van der Waals surface area contributed by atoms with Crippen molar-refractivity contribution in [1.82, 2.24) is 4.90 Å². The van der Waals surface area contributed by atoms with E-state index in [4.69, 9.17) is 9.84 Å². The number of benzene rings is 1. The van der Waals surface area contributed by atoms with Gasteiger partial charge in [-0.2, -0.15) is 0 Å². The first-order valence-electron chi connectivity index (χ1n) is 7.42. The van der Waals surface area contributed by atoms with E-state index < -0.39 is 0 Å². The number of ether oxygens (including phenoxy) is 1. The van der Waals surface area contributed by atoms with Gasteiger partial charge in [0.15, 0.2) is 0 Å². The van der Waals surface area contributed by atoms with E-state index in [0.29, 0.717) is 13.1 Å². The number of urea groups is 1. The Kier molecular flexibility index (Phi) is 7.02. The highest BCUT2D eigenvalue weighted by atomic mass is 16.5. The number of aliphatic hydroxyl groups is 1. The Morgan fingerprint density at radius 1 is 1.38 bits per heavy atom. The van der Waals surface area contributed by atoms with Crippen LogP contribution in [-0.4, -0.2) is 41.8 Å². The zero-order valence-electron chi connectivity index (χ0n) is 13.3. The number of nitrogens with zero attached hydrogens (tertiary/aromatic N) is 1. The van der Waals surface area contributed by atoms with Crippen molar-refractivity contribution in [2.45, 2.75) is 40.2 Å². The van der Waals surface area contributed by atoms with Crippen LogP contribution in [0.4, 0.5) is 10.5 Å². The fourth-order valence-electron chi connectivity index (χ4n) is 2.02. The van der Waals surface area contributed by atoms with E-state index in [9.17, 15) is 4.79 Å². The fourth-order valence-corrected chi connectivity index (χ4v) is 2.02. The Morgan fingerprint density at radius 3 is 2.62 bits per heavy atom. The number of hydrogen-bond donors (Lipinski definition) is 2.